The molecule has 0 amide bonds. The van der Waals surface area contributed by atoms with Gasteiger partial charge in [0.05, 0.1) is 0 Å². The molecule has 0 aliphatic carbocycles. The lowest BCUT2D eigenvalue weighted by Gasteiger charge is -2.12. The average molecular weight is 267 g/mol. The molecule has 0 radical (unpaired) electrons. The first-order chi connectivity index (χ1) is 8.58. The van der Waals surface area contributed by atoms with Crippen molar-refractivity contribution in [2.45, 2.75) is 25.6 Å². The Hall–Kier alpha value is -1.20. The molecule has 0 aromatic heterocycles. The maximum absolute atomic E-state index is 8.63. The Bertz CT molecular complexity index is 421. The third kappa shape index (κ3) is 4.23. The van der Waals surface area contributed by atoms with Gasteiger partial charge in [-0.15, -0.1) is 0 Å². The summed E-state index contributed by atoms with van der Waals surface area (Å²) in [5.41, 5.74) is 8.68. The van der Waals surface area contributed by atoms with Crippen molar-refractivity contribution in [1.29, 1.82) is 0 Å². The third-order valence-electron chi connectivity index (χ3n) is 2.90. The van der Waals surface area contributed by atoms with Crippen LogP contribution < -0.4 is 11.1 Å². The maximum atomic E-state index is 8.63. The van der Waals surface area contributed by atoms with Crippen LogP contribution >= 0.6 is 11.8 Å². The van der Waals surface area contributed by atoms with E-state index < -0.39 is 0 Å². The van der Waals surface area contributed by atoms with E-state index in [9.17, 15) is 0 Å². The van der Waals surface area contributed by atoms with Crippen molar-refractivity contribution >= 4 is 17.6 Å². The fraction of sp³-hybridized carbons (Fsp3) is 0.462. The number of nitrogens with two attached hydrogens (primary N) is 1. The van der Waals surface area contributed by atoms with Crippen LogP contribution in [0.3, 0.4) is 0 Å². The summed E-state index contributed by atoms with van der Waals surface area (Å²) in [6.45, 7) is 6.06. The van der Waals surface area contributed by atoms with Gasteiger partial charge in [0, 0.05) is 23.9 Å². The van der Waals surface area contributed by atoms with E-state index in [2.05, 4.69) is 23.7 Å². The molecule has 0 heterocycles. The van der Waals surface area contributed by atoms with Crippen LogP contribution in [0.5, 0.6) is 0 Å². The van der Waals surface area contributed by atoms with Crippen LogP contribution in [0.4, 0.5) is 0 Å². The molecule has 0 saturated carbocycles. The molecule has 0 fully saturated rings. The zero-order chi connectivity index (χ0) is 13.5. The zero-order valence-electron chi connectivity index (χ0n) is 11.1. The molecule has 0 bridgehead atoms. The SMILES string of the molecule is CSC(C)CNCc1ccc(/C(N)=N/O)cc1C. The quantitative estimate of drug-likeness (QED) is 0.319. The van der Waals surface area contributed by atoms with Crippen molar-refractivity contribution in [3.63, 3.8) is 0 Å². The van der Waals surface area contributed by atoms with Crippen LogP contribution in [0.2, 0.25) is 0 Å². The lowest BCUT2D eigenvalue weighted by molar-refractivity contribution is 0.318. The van der Waals surface area contributed by atoms with E-state index in [-0.39, 0.29) is 5.84 Å². The number of rotatable bonds is 6. The van der Waals surface area contributed by atoms with Gasteiger partial charge < -0.3 is 16.3 Å². The molecule has 0 aliphatic rings. The third-order valence-corrected chi connectivity index (χ3v) is 3.87. The Kier molecular flexibility index (Phi) is 6.01. The molecule has 0 spiro atoms. The van der Waals surface area contributed by atoms with E-state index in [4.69, 9.17) is 10.9 Å². The molecule has 4 N–H and O–H groups in total. The number of aryl methyl sites for hydroxylation is 1. The molecule has 18 heavy (non-hydrogen) atoms. The minimum absolute atomic E-state index is 0.147. The fourth-order valence-electron chi connectivity index (χ4n) is 1.60. The van der Waals surface area contributed by atoms with Gasteiger partial charge in [0.25, 0.3) is 0 Å². The molecule has 100 valence electrons. The number of hydrogen-bond donors (Lipinski definition) is 3. The van der Waals surface area contributed by atoms with Gasteiger partial charge in [-0.3, -0.25) is 0 Å². The Labute approximate surface area is 113 Å². The second kappa shape index (κ2) is 7.28. The second-order valence-corrected chi connectivity index (χ2v) is 5.58. The van der Waals surface area contributed by atoms with E-state index in [1.807, 2.05) is 36.9 Å². The summed E-state index contributed by atoms with van der Waals surface area (Å²) >= 11 is 1.85. The molecule has 1 aromatic carbocycles. The molecular weight excluding hydrogens is 246 g/mol. The summed E-state index contributed by atoms with van der Waals surface area (Å²) in [6, 6.07) is 5.82. The van der Waals surface area contributed by atoms with Gasteiger partial charge in [0.1, 0.15) is 0 Å². The fourth-order valence-corrected chi connectivity index (χ4v) is 1.89. The van der Waals surface area contributed by atoms with Crippen molar-refractivity contribution in [2.24, 2.45) is 10.9 Å². The second-order valence-electron chi connectivity index (χ2n) is 4.30. The topological polar surface area (TPSA) is 70.6 Å². The van der Waals surface area contributed by atoms with Gasteiger partial charge in [0.2, 0.25) is 0 Å². The number of hydrogen-bond acceptors (Lipinski definition) is 4. The maximum Gasteiger partial charge on any atom is 0.170 e. The smallest absolute Gasteiger partial charge is 0.170 e. The zero-order valence-corrected chi connectivity index (χ0v) is 11.9. The first kappa shape index (κ1) is 14.9. The summed E-state index contributed by atoms with van der Waals surface area (Å²) in [5, 5.41) is 15.7. The van der Waals surface area contributed by atoms with Crippen molar-refractivity contribution in [3.05, 3.63) is 34.9 Å². The Balaban J connectivity index is 2.63. The van der Waals surface area contributed by atoms with E-state index in [0.717, 1.165) is 24.2 Å². The normalized spacial score (nSPS) is 13.6. The first-order valence-electron chi connectivity index (χ1n) is 5.89. The number of nitrogens with zero attached hydrogens (tertiary/aromatic N) is 1. The van der Waals surface area contributed by atoms with Crippen LogP contribution in [0.1, 0.15) is 23.6 Å². The number of amidine groups is 1. The van der Waals surface area contributed by atoms with E-state index in [0.29, 0.717) is 5.25 Å². The minimum atomic E-state index is 0.147. The highest BCUT2D eigenvalue weighted by atomic mass is 32.2. The predicted octanol–water partition coefficient (Wildman–Crippen LogP) is 1.93. The molecule has 1 aromatic rings. The van der Waals surface area contributed by atoms with E-state index in [1.54, 1.807) is 0 Å². The predicted molar refractivity (Wildman–Crippen MR) is 78.4 cm³/mol. The van der Waals surface area contributed by atoms with Gasteiger partial charge in [-0.05, 0) is 30.4 Å². The van der Waals surface area contributed by atoms with Crippen LogP contribution in [-0.2, 0) is 6.54 Å². The van der Waals surface area contributed by atoms with E-state index in [1.165, 1.54) is 5.56 Å². The van der Waals surface area contributed by atoms with Crippen molar-refractivity contribution < 1.29 is 5.21 Å². The van der Waals surface area contributed by atoms with Gasteiger partial charge in [-0.25, -0.2) is 0 Å². The summed E-state index contributed by atoms with van der Waals surface area (Å²) in [5.74, 6) is 0.147. The van der Waals surface area contributed by atoms with Gasteiger partial charge in [-0.1, -0.05) is 24.2 Å². The van der Waals surface area contributed by atoms with Crippen molar-refractivity contribution in [2.75, 3.05) is 12.8 Å². The Morgan fingerprint density at radius 3 is 2.83 bits per heavy atom. The van der Waals surface area contributed by atoms with Gasteiger partial charge >= 0.3 is 0 Å². The molecule has 1 rings (SSSR count). The van der Waals surface area contributed by atoms with Crippen LogP contribution in [0, 0.1) is 6.92 Å². The standard InChI is InChI=1S/C13H21N3OS/c1-9-6-11(13(14)16-17)4-5-12(9)8-15-7-10(2)18-3/h4-6,10,15,17H,7-8H2,1-3H3,(H2,14,16). The van der Waals surface area contributed by atoms with Crippen LogP contribution in [0.25, 0.3) is 0 Å². The molecule has 0 saturated heterocycles. The highest BCUT2D eigenvalue weighted by Crippen LogP contribution is 2.11. The van der Waals surface area contributed by atoms with Crippen molar-refractivity contribution in [1.82, 2.24) is 5.32 Å². The summed E-state index contributed by atoms with van der Waals surface area (Å²) in [7, 11) is 0. The highest BCUT2D eigenvalue weighted by Gasteiger charge is 2.04. The summed E-state index contributed by atoms with van der Waals surface area (Å²) in [6.07, 6.45) is 2.11. The molecule has 5 heteroatoms. The minimum Gasteiger partial charge on any atom is -0.409 e. The number of nitrogens with one attached hydrogen (secondary N) is 1. The number of oxime groups is 1. The lowest BCUT2D eigenvalue weighted by atomic mass is 10.0. The number of thioether (sulfide) groups is 1. The van der Waals surface area contributed by atoms with E-state index >= 15 is 0 Å². The average Bonchev–Trinajstić information content (AvgIpc) is 2.39. The van der Waals surface area contributed by atoms with Gasteiger partial charge in [-0.2, -0.15) is 11.8 Å². The molecule has 4 nitrogen and oxygen atoms in total. The Morgan fingerprint density at radius 1 is 1.56 bits per heavy atom. The largest absolute Gasteiger partial charge is 0.409 e. The summed E-state index contributed by atoms with van der Waals surface area (Å²) < 4.78 is 0. The van der Waals surface area contributed by atoms with Crippen LogP contribution in [0.15, 0.2) is 23.4 Å². The number of benzene rings is 1. The first-order valence-corrected chi connectivity index (χ1v) is 7.18. The lowest BCUT2D eigenvalue weighted by Crippen LogP contribution is -2.22. The molecular formula is C13H21N3OS. The monoisotopic (exact) mass is 267 g/mol. The Morgan fingerprint density at radius 2 is 2.28 bits per heavy atom. The molecule has 0 aliphatic heterocycles. The molecule has 1 atom stereocenters. The molecule has 1 unspecified atom stereocenters. The van der Waals surface area contributed by atoms with Crippen LogP contribution in [-0.4, -0.2) is 29.1 Å². The highest BCUT2D eigenvalue weighted by molar-refractivity contribution is 7.99. The van der Waals surface area contributed by atoms with Crippen molar-refractivity contribution in [3.8, 4) is 0 Å². The van der Waals surface area contributed by atoms with Gasteiger partial charge in [0.15, 0.2) is 5.84 Å². The summed E-state index contributed by atoms with van der Waals surface area (Å²) in [4.78, 5) is 0.